The molecule has 0 amide bonds. The molecule has 0 bridgehead atoms. The maximum absolute atomic E-state index is 12.4. The second kappa shape index (κ2) is 8.41. The average Bonchev–Trinajstić information content (AvgIpc) is 2.55. The number of carboxylic acids is 2. The summed E-state index contributed by atoms with van der Waals surface area (Å²) in [7, 11) is 0. The van der Waals surface area contributed by atoms with Gasteiger partial charge in [-0.25, -0.2) is 14.4 Å². The summed E-state index contributed by atoms with van der Waals surface area (Å²) in [6.07, 6.45) is -4.38. The number of carbonyl (C=O) groups is 4. The van der Waals surface area contributed by atoms with E-state index in [4.69, 9.17) is 9.47 Å². The van der Waals surface area contributed by atoms with Gasteiger partial charge in [0.05, 0.1) is 11.0 Å². The first-order valence-electron chi connectivity index (χ1n) is 8.63. The fraction of sp³-hybridized carbons (Fsp3) is 0.500. The van der Waals surface area contributed by atoms with Crippen LogP contribution in [-0.4, -0.2) is 46.3 Å². The summed E-state index contributed by atoms with van der Waals surface area (Å²) >= 11 is 0. The Morgan fingerprint density at radius 1 is 0.857 bits per heavy atom. The minimum Gasteiger partial charge on any atom is -0.478 e. The van der Waals surface area contributed by atoms with Crippen molar-refractivity contribution in [2.24, 2.45) is 5.41 Å². The van der Waals surface area contributed by atoms with E-state index < -0.39 is 41.5 Å². The quantitative estimate of drug-likeness (QED) is 0.705. The summed E-state index contributed by atoms with van der Waals surface area (Å²) in [6, 6.07) is 6.38. The van der Waals surface area contributed by atoms with Crippen molar-refractivity contribution in [1.82, 2.24) is 0 Å². The molecule has 2 N–H and O–H groups in total. The Morgan fingerprint density at radius 3 is 1.79 bits per heavy atom. The lowest BCUT2D eigenvalue weighted by atomic mass is 9.86. The molecule has 0 saturated carbocycles. The van der Waals surface area contributed by atoms with E-state index in [0.717, 1.165) is 5.56 Å². The van der Waals surface area contributed by atoms with Crippen LogP contribution < -0.4 is 0 Å². The molecule has 2 unspecified atom stereocenters. The molecular formula is C20H26O8. The summed E-state index contributed by atoms with van der Waals surface area (Å²) in [5, 5.41) is 18.7. The molecule has 1 rings (SSSR count). The predicted octanol–water partition coefficient (Wildman–Crippen LogP) is 2.64. The van der Waals surface area contributed by atoms with E-state index in [1.807, 2.05) is 20.8 Å². The standard InChI is InChI=1S/C20H26O8/c1-19(2,3)12-9-7-8-11(10-12)17(25)27-13(15(21)22)14(16(23)24)28-18(26)20(4,5)6/h7-10,13-14H,1-6H3,(H,21,22)(H,23,24). The molecule has 0 aromatic heterocycles. The van der Waals surface area contributed by atoms with E-state index in [-0.39, 0.29) is 11.0 Å². The highest BCUT2D eigenvalue weighted by molar-refractivity contribution is 5.93. The normalized spacial score (nSPS) is 13.9. The van der Waals surface area contributed by atoms with Gasteiger partial charge in [-0.3, -0.25) is 4.79 Å². The maximum atomic E-state index is 12.4. The Kier molecular flexibility index (Phi) is 6.95. The van der Waals surface area contributed by atoms with E-state index >= 15 is 0 Å². The number of ether oxygens (including phenoxy) is 2. The molecule has 0 saturated heterocycles. The van der Waals surface area contributed by atoms with Gasteiger partial charge in [0.15, 0.2) is 0 Å². The third-order valence-corrected chi connectivity index (χ3v) is 3.81. The van der Waals surface area contributed by atoms with Gasteiger partial charge in [0.2, 0.25) is 12.2 Å². The molecule has 0 aliphatic rings. The minimum absolute atomic E-state index is 0.0601. The van der Waals surface area contributed by atoms with E-state index in [2.05, 4.69) is 0 Å². The predicted molar refractivity (Wildman–Crippen MR) is 99.0 cm³/mol. The Morgan fingerprint density at radius 2 is 1.36 bits per heavy atom. The van der Waals surface area contributed by atoms with Crippen molar-refractivity contribution in [2.75, 3.05) is 0 Å². The van der Waals surface area contributed by atoms with Gasteiger partial charge in [0.25, 0.3) is 0 Å². The maximum Gasteiger partial charge on any atom is 0.349 e. The molecule has 0 heterocycles. The molecular weight excluding hydrogens is 368 g/mol. The van der Waals surface area contributed by atoms with Crippen LogP contribution in [0.25, 0.3) is 0 Å². The van der Waals surface area contributed by atoms with Crippen LogP contribution in [0.2, 0.25) is 0 Å². The SMILES string of the molecule is CC(C)(C)C(=O)OC(C(=O)O)C(OC(=O)c1cccc(C(C)(C)C)c1)C(=O)O. The number of benzene rings is 1. The first-order valence-corrected chi connectivity index (χ1v) is 8.63. The largest absolute Gasteiger partial charge is 0.478 e. The summed E-state index contributed by atoms with van der Waals surface area (Å²) in [5.41, 5.74) is -0.469. The first kappa shape index (κ1) is 23.1. The average molecular weight is 394 g/mol. The molecule has 0 radical (unpaired) electrons. The van der Waals surface area contributed by atoms with Gasteiger partial charge in [-0.15, -0.1) is 0 Å². The van der Waals surface area contributed by atoms with Crippen molar-refractivity contribution in [3.8, 4) is 0 Å². The molecule has 0 fully saturated rings. The van der Waals surface area contributed by atoms with E-state index in [0.29, 0.717) is 0 Å². The number of esters is 2. The molecule has 0 aliphatic heterocycles. The molecule has 154 valence electrons. The lowest BCUT2D eigenvalue weighted by Gasteiger charge is -2.25. The van der Waals surface area contributed by atoms with E-state index in [1.54, 1.807) is 12.1 Å². The van der Waals surface area contributed by atoms with Crippen LogP contribution in [0.5, 0.6) is 0 Å². The molecule has 8 heteroatoms. The fourth-order valence-electron chi connectivity index (χ4n) is 2.07. The van der Waals surface area contributed by atoms with E-state index in [1.165, 1.54) is 32.9 Å². The van der Waals surface area contributed by atoms with Gasteiger partial charge >= 0.3 is 23.9 Å². The van der Waals surface area contributed by atoms with Gasteiger partial charge < -0.3 is 19.7 Å². The zero-order chi connectivity index (χ0) is 21.9. The zero-order valence-corrected chi connectivity index (χ0v) is 16.8. The number of rotatable bonds is 6. The molecule has 2 atom stereocenters. The summed E-state index contributed by atoms with van der Waals surface area (Å²) in [4.78, 5) is 47.4. The van der Waals surface area contributed by atoms with Gasteiger partial charge in [0, 0.05) is 0 Å². The van der Waals surface area contributed by atoms with Gasteiger partial charge in [-0.2, -0.15) is 0 Å². The second-order valence-electron chi connectivity index (χ2n) is 8.41. The Balaban J connectivity index is 3.14. The van der Waals surface area contributed by atoms with Gasteiger partial charge in [-0.05, 0) is 43.9 Å². The van der Waals surface area contributed by atoms with Crippen molar-refractivity contribution in [3.05, 3.63) is 35.4 Å². The lowest BCUT2D eigenvalue weighted by Crippen LogP contribution is -2.47. The van der Waals surface area contributed by atoms with Crippen molar-refractivity contribution in [3.63, 3.8) is 0 Å². The van der Waals surface area contributed by atoms with Crippen LogP contribution in [0.15, 0.2) is 24.3 Å². The van der Waals surface area contributed by atoms with Crippen molar-refractivity contribution in [2.45, 2.75) is 59.2 Å². The number of hydrogen-bond donors (Lipinski definition) is 2. The Hall–Kier alpha value is -2.90. The first-order chi connectivity index (χ1) is 12.6. The monoisotopic (exact) mass is 394 g/mol. The molecule has 0 spiro atoms. The third-order valence-electron chi connectivity index (χ3n) is 3.81. The lowest BCUT2D eigenvalue weighted by molar-refractivity contribution is -0.183. The van der Waals surface area contributed by atoms with Crippen LogP contribution in [0, 0.1) is 5.41 Å². The highest BCUT2D eigenvalue weighted by Crippen LogP contribution is 2.24. The molecule has 1 aromatic carbocycles. The zero-order valence-electron chi connectivity index (χ0n) is 16.8. The minimum atomic E-state index is -2.20. The van der Waals surface area contributed by atoms with Crippen LogP contribution in [-0.2, 0) is 29.3 Å². The molecule has 28 heavy (non-hydrogen) atoms. The Bertz CT molecular complexity index is 767. The number of aliphatic carboxylic acids is 2. The molecule has 1 aromatic rings. The van der Waals surface area contributed by atoms with Gasteiger partial charge in [0.1, 0.15) is 0 Å². The number of hydrogen-bond acceptors (Lipinski definition) is 6. The summed E-state index contributed by atoms with van der Waals surface area (Å²) in [5.74, 6) is -5.44. The highest BCUT2D eigenvalue weighted by Gasteiger charge is 2.42. The summed E-state index contributed by atoms with van der Waals surface area (Å²) in [6.45, 7) is 10.2. The highest BCUT2D eigenvalue weighted by atomic mass is 16.6. The topological polar surface area (TPSA) is 127 Å². The van der Waals surface area contributed by atoms with E-state index in [9.17, 15) is 29.4 Å². The smallest absolute Gasteiger partial charge is 0.349 e. The third kappa shape index (κ3) is 6.07. The number of carbonyl (C=O) groups excluding carboxylic acids is 2. The van der Waals surface area contributed by atoms with Crippen LogP contribution in [0.3, 0.4) is 0 Å². The molecule has 0 aliphatic carbocycles. The number of carboxylic acid groups (broad SMARTS) is 2. The fourth-order valence-corrected chi connectivity index (χ4v) is 2.07. The van der Waals surface area contributed by atoms with Crippen LogP contribution >= 0.6 is 0 Å². The van der Waals surface area contributed by atoms with Crippen molar-refractivity contribution < 1.29 is 38.9 Å². The van der Waals surface area contributed by atoms with Crippen molar-refractivity contribution in [1.29, 1.82) is 0 Å². The Labute approximate surface area is 163 Å². The molecule has 8 nitrogen and oxygen atoms in total. The van der Waals surface area contributed by atoms with Crippen molar-refractivity contribution >= 4 is 23.9 Å². The second-order valence-corrected chi connectivity index (χ2v) is 8.41. The van der Waals surface area contributed by atoms with Gasteiger partial charge in [-0.1, -0.05) is 32.9 Å². The summed E-state index contributed by atoms with van der Waals surface area (Å²) < 4.78 is 9.72. The van der Waals surface area contributed by atoms with Crippen LogP contribution in [0.4, 0.5) is 0 Å². The van der Waals surface area contributed by atoms with Crippen LogP contribution in [0.1, 0.15) is 57.5 Å².